The van der Waals surface area contributed by atoms with E-state index in [-0.39, 0.29) is 24.7 Å². The molecule has 8 heteroatoms. The number of morpholine rings is 1. The number of carbonyl (C=O) groups excluding carboxylic acids is 1. The van der Waals surface area contributed by atoms with E-state index in [0.717, 1.165) is 11.4 Å². The van der Waals surface area contributed by atoms with Crippen molar-refractivity contribution in [1.82, 2.24) is 0 Å². The van der Waals surface area contributed by atoms with Gasteiger partial charge in [0.1, 0.15) is 19.0 Å². The SMILES string of the molecule is NC[C@@H]1OC(O)N2c3ccc(N4CCOCC4=O)cc3OC[C@@H]12. The molecule has 2 fully saturated rings. The third-order valence-corrected chi connectivity index (χ3v) is 4.48. The molecule has 0 radical (unpaired) electrons. The molecule has 2 saturated heterocycles. The highest BCUT2D eigenvalue weighted by molar-refractivity contribution is 5.95. The fourth-order valence-electron chi connectivity index (χ4n) is 3.32. The molecule has 1 amide bonds. The fraction of sp³-hybridized carbons (Fsp3) is 0.533. The van der Waals surface area contributed by atoms with Crippen molar-refractivity contribution in [3.05, 3.63) is 18.2 Å². The number of aliphatic hydroxyl groups excluding tert-OH is 1. The Labute approximate surface area is 133 Å². The van der Waals surface area contributed by atoms with Crippen LogP contribution in [0.2, 0.25) is 0 Å². The van der Waals surface area contributed by atoms with Gasteiger partial charge in [-0.15, -0.1) is 0 Å². The summed E-state index contributed by atoms with van der Waals surface area (Å²) in [6, 6.07) is 5.39. The number of carbonyl (C=O) groups is 1. The molecule has 0 bridgehead atoms. The average Bonchev–Trinajstić information content (AvgIpc) is 2.91. The first-order chi connectivity index (χ1) is 11.2. The monoisotopic (exact) mass is 321 g/mol. The lowest BCUT2D eigenvalue weighted by atomic mass is 10.1. The second-order valence-corrected chi connectivity index (χ2v) is 5.77. The molecule has 3 aliphatic heterocycles. The van der Waals surface area contributed by atoms with Crippen molar-refractivity contribution >= 4 is 17.3 Å². The van der Waals surface area contributed by atoms with Gasteiger partial charge < -0.3 is 34.9 Å². The van der Waals surface area contributed by atoms with Crippen LogP contribution in [0, 0.1) is 0 Å². The molecule has 0 aromatic heterocycles. The molecule has 3 atom stereocenters. The molecule has 124 valence electrons. The van der Waals surface area contributed by atoms with Gasteiger partial charge in [-0.25, -0.2) is 0 Å². The molecular formula is C15H19N3O5. The Morgan fingerprint density at radius 2 is 2.26 bits per heavy atom. The van der Waals surface area contributed by atoms with Gasteiger partial charge in [0, 0.05) is 24.8 Å². The highest BCUT2D eigenvalue weighted by atomic mass is 16.6. The van der Waals surface area contributed by atoms with Crippen molar-refractivity contribution in [2.45, 2.75) is 18.6 Å². The number of nitrogens with zero attached hydrogens (tertiary/aromatic N) is 2. The second kappa shape index (κ2) is 5.64. The summed E-state index contributed by atoms with van der Waals surface area (Å²) in [5, 5.41) is 10.1. The molecular weight excluding hydrogens is 302 g/mol. The van der Waals surface area contributed by atoms with Gasteiger partial charge in [-0.1, -0.05) is 0 Å². The van der Waals surface area contributed by atoms with Gasteiger partial charge in [-0.3, -0.25) is 4.79 Å². The summed E-state index contributed by atoms with van der Waals surface area (Å²) in [6.45, 7) is 1.83. The molecule has 23 heavy (non-hydrogen) atoms. The van der Waals surface area contributed by atoms with E-state index < -0.39 is 6.41 Å². The minimum absolute atomic E-state index is 0.0716. The molecule has 1 aromatic carbocycles. The van der Waals surface area contributed by atoms with Crippen LogP contribution in [-0.4, -0.2) is 62.5 Å². The van der Waals surface area contributed by atoms with Gasteiger partial charge in [0.25, 0.3) is 5.91 Å². The Morgan fingerprint density at radius 1 is 1.39 bits per heavy atom. The molecule has 1 unspecified atom stereocenters. The number of amides is 1. The van der Waals surface area contributed by atoms with E-state index in [1.165, 1.54) is 0 Å². The number of aliphatic hydroxyl groups is 1. The fourth-order valence-corrected chi connectivity index (χ4v) is 3.32. The quantitative estimate of drug-likeness (QED) is 0.740. The largest absolute Gasteiger partial charge is 0.489 e. The van der Waals surface area contributed by atoms with E-state index in [0.29, 0.717) is 32.1 Å². The Hall–Kier alpha value is -1.87. The van der Waals surface area contributed by atoms with Crippen LogP contribution in [0.25, 0.3) is 0 Å². The lowest BCUT2D eigenvalue weighted by Gasteiger charge is -2.35. The van der Waals surface area contributed by atoms with Crippen LogP contribution in [-0.2, 0) is 14.3 Å². The summed E-state index contributed by atoms with van der Waals surface area (Å²) in [5.41, 5.74) is 7.19. The zero-order valence-corrected chi connectivity index (χ0v) is 12.6. The maximum Gasteiger partial charge on any atom is 0.253 e. The lowest BCUT2D eigenvalue weighted by Crippen LogP contribution is -2.47. The first kappa shape index (κ1) is 14.7. The number of hydrogen-bond donors (Lipinski definition) is 2. The number of rotatable bonds is 2. The van der Waals surface area contributed by atoms with E-state index in [9.17, 15) is 9.90 Å². The highest BCUT2D eigenvalue weighted by Gasteiger charge is 2.44. The third kappa shape index (κ3) is 2.34. The van der Waals surface area contributed by atoms with E-state index in [1.807, 2.05) is 18.2 Å². The molecule has 3 N–H and O–H groups in total. The van der Waals surface area contributed by atoms with E-state index in [2.05, 4.69) is 0 Å². The normalized spacial score (nSPS) is 30.0. The Morgan fingerprint density at radius 3 is 3.04 bits per heavy atom. The van der Waals surface area contributed by atoms with Gasteiger partial charge in [0.2, 0.25) is 6.41 Å². The number of fused-ring (bicyclic) bond motifs is 3. The predicted molar refractivity (Wildman–Crippen MR) is 81.3 cm³/mol. The number of anilines is 2. The summed E-state index contributed by atoms with van der Waals surface area (Å²) in [5.74, 6) is 0.552. The number of ether oxygens (including phenoxy) is 3. The number of hydrogen-bond acceptors (Lipinski definition) is 7. The van der Waals surface area contributed by atoms with Crippen LogP contribution in [0.3, 0.4) is 0 Å². The van der Waals surface area contributed by atoms with Crippen LogP contribution in [0.15, 0.2) is 18.2 Å². The lowest BCUT2D eigenvalue weighted by molar-refractivity contribution is -0.125. The van der Waals surface area contributed by atoms with Crippen LogP contribution in [0.4, 0.5) is 11.4 Å². The molecule has 1 aromatic rings. The zero-order chi connectivity index (χ0) is 16.0. The van der Waals surface area contributed by atoms with Gasteiger partial charge >= 0.3 is 0 Å². The predicted octanol–water partition coefficient (Wildman–Crippen LogP) is -0.749. The first-order valence-electron chi connectivity index (χ1n) is 7.66. The molecule has 4 rings (SSSR count). The van der Waals surface area contributed by atoms with E-state index in [4.69, 9.17) is 19.9 Å². The van der Waals surface area contributed by atoms with Gasteiger partial charge in [-0.05, 0) is 12.1 Å². The number of nitrogens with two attached hydrogens (primary N) is 1. The first-order valence-corrected chi connectivity index (χ1v) is 7.66. The van der Waals surface area contributed by atoms with E-state index in [1.54, 1.807) is 9.80 Å². The third-order valence-electron chi connectivity index (χ3n) is 4.48. The van der Waals surface area contributed by atoms with Crippen LogP contribution >= 0.6 is 0 Å². The smallest absolute Gasteiger partial charge is 0.253 e. The Balaban J connectivity index is 1.65. The Kier molecular flexibility index (Phi) is 3.61. The molecule has 0 saturated carbocycles. The van der Waals surface area contributed by atoms with Crippen molar-refractivity contribution in [2.75, 3.05) is 42.7 Å². The minimum atomic E-state index is -1.04. The summed E-state index contributed by atoms with van der Waals surface area (Å²) in [4.78, 5) is 15.4. The molecule has 3 aliphatic rings. The standard InChI is InChI=1S/C15H19N3O5/c16-6-13-11-7-22-12-5-9(17-3-4-21-8-14(17)19)1-2-10(12)18(11)15(20)23-13/h1-2,5,11,13,15,20H,3-4,6-8,16H2/t11-,13-,15?/m0/s1. The summed E-state index contributed by atoms with van der Waals surface area (Å²) >= 11 is 0. The van der Waals surface area contributed by atoms with Crippen molar-refractivity contribution in [2.24, 2.45) is 5.73 Å². The van der Waals surface area contributed by atoms with Crippen LogP contribution in [0.5, 0.6) is 5.75 Å². The summed E-state index contributed by atoms with van der Waals surface area (Å²) < 4.78 is 16.4. The Bertz CT molecular complexity index is 625. The molecule has 0 aliphatic carbocycles. The minimum Gasteiger partial charge on any atom is -0.489 e. The van der Waals surface area contributed by atoms with Crippen molar-refractivity contribution in [3.63, 3.8) is 0 Å². The molecule has 8 nitrogen and oxygen atoms in total. The number of benzene rings is 1. The second-order valence-electron chi connectivity index (χ2n) is 5.77. The summed E-state index contributed by atoms with van der Waals surface area (Å²) in [7, 11) is 0. The topological polar surface area (TPSA) is 97.5 Å². The van der Waals surface area contributed by atoms with Crippen LogP contribution < -0.4 is 20.3 Å². The summed E-state index contributed by atoms with van der Waals surface area (Å²) in [6.07, 6.45) is -1.30. The van der Waals surface area contributed by atoms with E-state index >= 15 is 0 Å². The average molecular weight is 321 g/mol. The maximum atomic E-state index is 12.0. The van der Waals surface area contributed by atoms with Crippen molar-refractivity contribution in [1.29, 1.82) is 0 Å². The van der Waals surface area contributed by atoms with Gasteiger partial charge in [-0.2, -0.15) is 0 Å². The maximum absolute atomic E-state index is 12.0. The van der Waals surface area contributed by atoms with Gasteiger partial charge in [0.05, 0.1) is 24.4 Å². The van der Waals surface area contributed by atoms with Crippen LogP contribution in [0.1, 0.15) is 0 Å². The highest BCUT2D eigenvalue weighted by Crippen LogP contribution is 2.41. The molecule has 0 spiro atoms. The van der Waals surface area contributed by atoms with Crippen molar-refractivity contribution in [3.8, 4) is 5.75 Å². The van der Waals surface area contributed by atoms with Gasteiger partial charge in [0.15, 0.2) is 0 Å². The zero-order valence-electron chi connectivity index (χ0n) is 12.6. The molecule has 3 heterocycles. The van der Waals surface area contributed by atoms with Crippen molar-refractivity contribution < 1.29 is 24.1 Å².